The fraction of sp³-hybridized carbons (Fsp3) is 0.278. The molecule has 0 spiro atoms. The maximum absolute atomic E-state index is 12.4. The van der Waals surface area contributed by atoms with Gasteiger partial charge in [-0.2, -0.15) is 10.2 Å². The van der Waals surface area contributed by atoms with Crippen LogP contribution in [0.2, 0.25) is 0 Å². The Labute approximate surface area is 140 Å². The number of hydrogen-bond acceptors (Lipinski definition) is 3. The van der Waals surface area contributed by atoms with E-state index in [4.69, 9.17) is 0 Å². The van der Waals surface area contributed by atoms with Crippen LogP contribution >= 0.6 is 0 Å². The first-order chi connectivity index (χ1) is 11.7. The van der Waals surface area contributed by atoms with E-state index in [2.05, 4.69) is 15.5 Å². The van der Waals surface area contributed by atoms with E-state index in [1.54, 1.807) is 21.6 Å². The first kappa shape index (κ1) is 14.7. The molecule has 1 aromatic carbocycles. The van der Waals surface area contributed by atoms with Crippen molar-refractivity contribution in [2.24, 2.45) is 7.05 Å². The number of aromatic nitrogens is 4. The third kappa shape index (κ3) is 2.71. The van der Waals surface area contributed by atoms with Crippen LogP contribution in [-0.4, -0.2) is 25.5 Å². The average molecular weight is 321 g/mol. The summed E-state index contributed by atoms with van der Waals surface area (Å²) < 4.78 is 3.41. The molecule has 0 radical (unpaired) electrons. The zero-order valence-electron chi connectivity index (χ0n) is 13.5. The topological polar surface area (TPSA) is 64.7 Å². The van der Waals surface area contributed by atoms with Gasteiger partial charge >= 0.3 is 0 Å². The van der Waals surface area contributed by atoms with Crippen LogP contribution in [0, 0.1) is 0 Å². The molecule has 1 N–H and O–H groups in total. The van der Waals surface area contributed by atoms with Crippen molar-refractivity contribution >= 4 is 11.7 Å². The molecule has 0 atom stereocenters. The number of nitrogens with zero attached hydrogens (tertiary/aromatic N) is 4. The highest BCUT2D eigenvalue weighted by Gasteiger charge is 2.23. The van der Waals surface area contributed by atoms with E-state index >= 15 is 0 Å². The quantitative estimate of drug-likeness (QED) is 0.803. The van der Waals surface area contributed by atoms with Gasteiger partial charge in [-0.25, -0.2) is 4.68 Å². The minimum Gasteiger partial charge on any atom is -0.305 e. The van der Waals surface area contributed by atoms with E-state index in [9.17, 15) is 4.79 Å². The van der Waals surface area contributed by atoms with Gasteiger partial charge in [0.05, 0.1) is 11.4 Å². The monoisotopic (exact) mass is 321 g/mol. The van der Waals surface area contributed by atoms with Crippen LogP contribution in [0.5, 0.6) is 0 Å². The first-order valence-corrected chi connectivity index (χ1v) is 8.17. The predicted octanol–water partition coefficient (Wildman–Crippen LogP) is 3.13. The molecule has 6 heteroatoms. The summed E-state index contributed by atoms with van der Waals surface area (Å²) in [7, 11) is 1.85. The molecule has 0 unspecified atom stereocenters. The van der Waals surface area contributed by atoms with Crippen LogP contribution in [0.3, 0.4) is 0 Å². The molecule has 2 aromatic heterocycles. The lowest BCUT2D eigenvalue weighted by Gasteiger charge is -2.22. The third-order valence-electron chi connectivity index (χ3n) is 4.51. The predicted molar refractivity (Wildman–Crippen MR) is 91.3 cm³/mol. The van der Waals surface area contributed by atoms with E-state index in [0.29, 0.717) is 17.4 Å². The fourth-order valence-electron chi connectivity index (χ4n) is 2.86. The first-order valence-electron chi connectivity index (χ1n) is 8.17. The van der Waals surface area contributed by atoms with E-state index < -0.39 is 0 Å². The molecule has 2 heterocycles. The number of rotatable bonds is 4. The Kier molecular flexibility index (Phi) is 3.65. The number of carbonyl (C=O) groups is 1. The lowest BCUT2D eigenvalue weighted by Crippen LogP contribution is -2.15. The fourth-order valence-corrected chi connectivity index (χ4v) is 2.86. The molecule has 0 saturated heterocycles. The molecule has 1 aliphatic carbocycles. The van der Waals surface area contributed by atoms with Crippen molar-refractivity contribution in [3.05, 3.63) is 60.0 Å². The van der Waals surface area contributed by atoms with Crippen LogP contribution in [-0.2, 0) is 7.05 Å². The van der Waals surface area contributed by atoms with Crippen LogP contribution in [0.4, 0.5) is 5.82 Å². The summed E-state index contributed by atoms with van der Waals surface area (Å²) in [6.07, 6.45) is 5.42. The van der Waals surface area contributed by atoms with E-state index in [1.165, 1.54) is 19.3 Å². The summed E-state index contributed by atoms with van der Waals surface area (Å²) in [6, 6.07) is 13.4. The molecule has 122 valence electrons. The van der Waals surface area contributed by atoms with Gasteiger partial charge in [0, 0.05) is 25.2 Å². The van der Waals surface area contributed by atoms with E-state index in [-0.39, 0.29) is 5.91 Å². The molecule has 1 amide bonds. The second kappa shape index (κ2) is 5.96. The number of aryl methyl sites for hydroxylation is 1. The van der Waals surface area contributed by atoms with Gasteiger partial charge in [0.25, 0.3) is 5.91 Å². The van der Waals surface area contributed by atoms with Gasteiger partial charge in [-0.15, -0.1) is 0 Å². The van der Waals surface area contributed by atoms with Crippen LogP contribution in [0.1, 0.15) is 41.4 Å². The van der Waals surface area contributed by atoms with Gasteiger partial charge < -0.3 is 5.32 Å². The highest BCUT2D eigenvalue weighted by Crippen LogP contribution is 2.36. The highest BCUT2D eigenvalue weighted by atomic mass is 16.2. The smallest absolute Gasteiger partial charge is 0.277 e. The van der Waals surface area contributed by atoms with Crippen LogP contribution in [0.25, 0.3) is 5.69 Å². The number of anilines is 1. The average Bonchev–Trinajstić information content (AvgIpc) is 3.15. The summed E-state index contributed by atoms with van der Waals surface area (Å²) >= 11 is 0. The second-order valence-electron chi connectivity index (χ2n) is 6.14. The molecular weight excluding hydrogens is 302 g/mol. The molecule has 4 rings (SSSR count). The van der Waals surface area contributed by atoms with Gasteiger partial charge in [0.2, 0.25) is 0 Å². The van der Waals surface area contributed by atoms with Crippen molar-refractivity contribution in [2.75, 3.05) is 5.32 Å². The lowest BCUT2D eigenvalue weighted by molar-refractivity contribution is 0.102. The summed E-state index contributed by atoms with van der Waals surface area (Å²) in [6.45, 7) is 0. The Morgan fingerprint density at radius 2 is 1.96 bits per heavy atom. The van der Waals surface area contributed by atoms with E-state index in [0.717, 1.165) is 11.4 Å². The minimum atomic E-state index is -0.229. The van der Waals surface area contributed by atoms with Crippen molar-refractivity contribution < 1.29 is 4.79 Å². The zero-order chi connectivity index (χ0) is 16.5. The largest absolute Gasteiger partial charge is 0.305 e. The van der Waals surface area contributed by atoms with Crippen molar-refractivity contribution in [3.8, 4) is 5.69 Å². The van der Waals surface area contributed by atoms with Gasteiger partial charge in [-0.05, 0) is 31.0 Å². The Morgan fingerprint density at radius 3 is 2.67 bits per heavy atom. The minimum absolute atomic E-state index is 0.229. The zero-order valence-corrected chi connectivity index (χ0v) is 13.5. The highest BCUT2D eigenvalue weighted by molar-refractivity contribution is 6.02. The van der Waals surface area contributed by atoms with Crippen molar-refractivity contribution in [2.45, 2.75) is 25.2 Å². The molecule has 3 aromatic rings. The van der Waals surface area contributed by atoms with Crippen molar-refractivity contribution in [1.82, 2.24) is 19.6 Å². The summed E-state index contributed by atoms with van der Waals surface area (Å²) in [5, 5.41) is 11.8. The summed E-state index contributed by atoms with van der Waals surface area (Å²) in [5.41, 5.74) is 2.36. The molecule has 6 nitrogen and oxygen atoms in total. The molecule has 0 aliphatic heterocycles. The summed E-state index contributed by atoms with van der Waals surface area (Å²) in [4.78, 5) is 12.4. The molecule has 0 bridgehead atoms. The Hall–Kier alpha value is -2.89. The molecule has 1 saturated carbocycles. The number of nitrogens with one attached hydrogen (secondary N) is 1. The number of para-hydroxylation sites is 1. The lowest BCUT2D eigenvalue weighted by atomic mass is 9.83. The Balaban J connectivity index is 1.50. The SMILES string of the molecule is Cn1nc(C2CCC2)cc1NC(=O)c1ccn(-c2ccccc2)n1. The number of hydrogen-bond donors (Lipinski definition) is 1. The third-order valence-corrected chi connectivity index (χ3v) is 4.51. The van der Waals surface area contributed by atoms with Gasteiger partial charge in [0.15, 0.2) is 5.69 Å². The van der Waals surface area contributed by atoms with Crippen molar-refractivity contribution in [1.29, 1.82) is 0 Å². The number of amides is 1. The van der Waals surface area contributed by atoms with E-state index in [1.807, 2.05) is 43.4 Å². The normalized spacial score (nSPS) is 14.4. The summed E-state index contributed by atoms with van der Waals surface area (Å²) in [5.74, 6) is 1.02. The molecule has 24 heavy (non-hydrogen) atoms. The Morgan fingerprint density at radius 1 is 1.17 bits per heavy atom. The maximum Gasteiger partial charge on any atom is 0.277 e. The molecule has 1 fully saturated rings. The second-order valence-corrected chi connectivity index (χ2v) is 6.14. The standard InChI is InChI=1S/C18H19N5O/c1-22-17(12-16(20-22)13-6-5-7-13)19-18(24)15-10-11-23(21-15)14-8-3-2-4-9-14/h2-4,8-13H,5-7H2,1H3,(H,19,24). The van der Waals surface area contributed by atoms with Crippen LogP contribution < -0.4 is 5.32 Å². The molecular formula is C18H19N5O. The maximum atomic E-state index is 12.4. The molecule has 1 aliphatic rings. The van der Waals surface area contributed by atoms with Gasteiger partial charge in [0.1, 0.15) is 5.82 Å². The van der Waals surface area contributed by atoms with Gasteiger partial charge in [-0.3, -0.25) is 9.48 Å². The van der Waals surface area contributed by atoms with Crippen LogP contribution in [0.15, 0.2) is 48.7 Å². The number of carbonyl (C=O) groups excluding carboxylic acids is 1. The Bertz CT molecular complexity index is 861. The van der Waals surface area contributed by atoms with Gasteiger partial charge in [-0.1, -0.05) is 24.6 Å². The van der Waals surface area contributed by atoms with Crippen molar-refractivity contribution in [3.63, 3.8) is 0 Å². The number of benzene rings is 1.